The van der Waals surface area contributed by atoms with Gasteiger partial charge in [-0.2, -0.15) is 0 Å². The second-order valence-corrected chi connectivity index (χ2v) is 8.10. The maximum Gasteiger partial charge on any atom is 0.238 e. The van der Waals surface area contributed by atoms with Crippen molar-refractivity contribution in [3.05, 3.63) is 24.3 Å². The van der Waals surface area contributed by atoms with E-state index in [9.17, 15) is 16.8 Å². The predicted molar refractivity (Wildman–Crippen MR) is 68.5 cm³/mol. The van der Waals surface area contributed by atoms with Crippen molar-refractivity contribution in [2.75, 3.05) is 16.8 Å². The van der Waals surface area contributed by atoms with E-state index in [0.717, 1.165) is 0 Å². The van der Waals surface area contributed by atoms with E-state index in [1.54, 1.807) is 12.1 Å². The number of nitrogens with one attached hydrogen (secondary N) is 1. The van der Waals surface area contributed by atoms with Crippen molar-refractivity contribution in [1.29, 1.82) is 0 Å². The minimum Gasteiger partial charge on any atom is -0.381 e. The van der Waals surface area contributed by atoms with Gasteiger partial charge >= 0.3 is 0 Å². The van der Waals surface area contributed by atoms with E-state index in [0.29, 0.717) is 12.1 Å². The average molecular weight is 290 g/mol. The molecule has 1 aliphatic heterocycles. The first kappa shape index (κ1) is 13.3. The molecule has 1 aromatic carbocycles. The summed E-state index contributed by atoms with van der Waals surface area (Å²) in [4.78, 5) is 0.0343. The molecule has 2 rings (SSSR count). The van der Waals surface area contributed by atoms with Gasteiger partial charge in [-0.05, 0) is 30.7 Å². The van der Waals surface area contributed by atoms with E-state index >= 15 is 0 Å². The van der Waals surface area contributed by atoms with Crippen LogP contribution in [0.1, 0.15) is 6.42 Å². The maximum absolute atomic E-state index is 11.3. The number of nitrogens with two attached hydrogens (primary N) is 1. The number of benzene rings is 1. The van der Waals surface area contributed by atoms with Crippen LogP contribution in [-0.4, -0.2) is 34.4 Å². The summed E-state index contributed by atoms with van der Waals surface area (Å²) in [6.45, 7) is 0. The summed E-state index contributed by atoms with van der Waals surface area (Å²) in [7, 11) is -6.61. The highest BCUT2D eigenvalue weighted by atomic mass is 32.2. The van der Waals surface area contributed by atoms with Crippen LogP contribution in [0.25, 0.3) is 0 Å². The van der Waals surface area contributed by atoms with Crippen molar-refractivity contribution in [2.45, 2.75) is 17.4 Å². The molecule has 1 fully saturated rings. The van der Waals surface area contributed by atoms with Gasteiger partial charge in [0.2, 0.25) is 10.0 Å². The summed E-state index contributed by atoms with van der Waals surface area (Å²) in [5.74, 6) is 0.309. The number of hydrogen-bond donors (Lipinski definition) is 2. The fourth-order valence-electron chi connectivity index (χ4n) is 1.89. The lowest BCUT2D eigenvalue weighted by Crippen LogP contribution is -2.20. The van der Waals surface area contributed by atoms with Gasteiger partial charge in [0.15, 0.2) is 9.84 Å². The Morgan fingerprint density at radius 1 is 1.22 bits per heavy atom. The molecule has 6 nitrogen and oxygen atoms in total. The van der Waals surface area contributed by atoms with Gasteiger partial charge in [-0.3, -0.25) is 0 Å². The maximum atomic E-state index is 11.3. The molecule has 0 aromatic heterocycles. The molecule has 0 spiro atoms. The van der Waals surface area contributed by atoms with E-state index in [1.165, 1.54) is 12.1 Å². The molecule has 0 aliphatic carbocycles. The molecule has 1 unspecified atom stereocenters. The van der Waals surface area contributed by atoms with Gasteiger partial charge in [0, 0.05) is 11.7 Å². The van der Waals surface area contributed by atoms with E-state index in [-0.39, 0.29) is 22.4 Å². The highest BCUT2D eigenvalue weighted by molar-refractivity contribution is 7.91. The third kappa shape index (κ3) is 3.21. The normalized spacial score (nSPS) is 22.8. The Bertz CT molecular complexity index is 635. The molecule has 1 aromatic rings. The fourth-order valence-corrected chi connectivity index (χ4v) is 4.07. The van der Waals surface area contributed by atoms with Crippen LogP contribution in [0, 0.1) is 0 Å². The van der Waals surface area contributed by atoms with E-state index in [4.69, 9.17) is 5.14 Å². The third-order valence-corrected chi connectivity index (χ3v) is 5.48. The van der Waals surface area contributed by atoms with Crippen molar-refractivity contribution in [3.8, 4) is 0 Å². The molecule has 1 saturated heterocycles. The molecule has 1 heterocycles. The molecule has 18 heavy (non-hydrogen) atoms. The van der Waals surface area contributed by atoms with Gasteiger partial charge < -0.3 is 5.32 Å². The number of hydrogen-bond acceptors (Lipinski definition) is 5. The highest BCUT2D eigenvalue weighted by Gasteiger charge is 2.27. The van der Waals surface area contributed by atoms with Gasteiger partial charge in [-0.15, -0.1) is 0 Å². The number of primary sulfonamides is 1. The number of sulfonamides is 1. The van der Waals surface area contributed by atoms with Crippen molar-refractivity contribution >= 4 is 25.5 Å². The van der Waals surface area contributed by atoms with Gasteiger partial charge in [-0.25, -0.2) is 22.0 Å². The number of sulfone groups is 1. The first-order valence-corrected chi connectivity index (χ1v) is 8.73. The van der Waals surface area contributed by atoms with E-state index in [2.05, 4.69) is 5.32 Å². The van der Waals surface area contributed by atoms with Crippen LogP contribution in [0.3, 0.4) is 0 Å². The molecular weight excluding hydrogens is 276 g/mol. The molecule has 100 valence electrons. The first-order chi connectivity index (χ1) is 8.26. The second-order valence-electron chi connectivity index (χ2n) is 4.31. The molecule has 0 radical (unpaired) electrons. The fraction of sp³-hybridized carbons (Fsp3) is 0.400. The lowest BCUT2D eigenvalue weighted by atomic mass is 10.2. The Morgan fingerprint density at radius 3 is 2.28 bits per heavy atom. The minimum atomic E-state index is -3.69. The molecular formula is C10H14N2O4S2. The lowest BCUT2D eigenvalue weighted by Gasteiger charge is -2.12. The van der Waals surface area contributed by atoms with Gasteiger partial charge in [0.05, 0.1) is 16.4 Å². The molecule has 0 amide bonds. The topological polar surface area (TPSA) is 106 Å². The van der Waals surface area contributed by atoms with Crippen LogP contribution in [0.15, 0.2) is 29.2 Å². The van der Waals surface area contributed by atoms with Crippen LogP contribution in [0.4, 0.5) is 5.69 Å². The summed E-state index contributed by atoms with van der Waals surface area (Å²) in [6.07, 6.45) is 0.569. The number of anilines is 1. The molecule has 0 saturated carbocycles. The zero-order chi connectivity index (χ0) is 13.4. The van der Waals surface area contributed by atoms with Crippen molar-refractivity contribution in [3.63, 3.8) is 0 Å². The highest BCUT2D eigenvalue weighted by Crippen LogP contribution is 2.18. The Kier molecular flexibility index (Phi) is 3.35. The monoisotopic (exact) mass is 290 g/mol. The third-order valence-electron chi connectivity index (χ3n) is 2.79. The van der Waals surface area contributed by atoms with Gasteiger partial charge in [0.1, 0.15) is 0 Å². The zero-order valence-electron chi connectivity index (χ0n) is 9.53. The van der Waals surface area contributed by atoms with Crippen LogP contribution < -0.4 is 10.5 Å². The van der Waals surface area contributed by atoms with E-state index in [1.807, 2.05) is 0 Å². The van der Waals surface area contributed by atoms with Gasteiger partial charge in [-0.1, -0.05) is 0 Å². The summed E-state index contributed by atoms with van der Waals surface area (Å²) in [6, 6.07) is 5.81. The van der Waals surface area contributed by atoms with Gasteiger partial charge in [0.25, 0.3) is 0 Å². The van der Waals surface area contributed by atoms with E-state index < -0.39 is 19.9 Å². The van der Waals surface area contributed by atoms with Crippen LogP contribution in [0.5, 0.6) is 0 Å². The Labute approximate surface area is 106 Å². The van der Waals surface area contributed by atoms with Crippen LogP contribution >= 0.6 is 0 Å². The predicted octanol–water partition coefficient (Wildman–Crippen LogP) is -0.0670. The summed E-state index contributed by atoms with van der Waals surface area (Å²) < 4.78 is 44.7. The smallest absolute Gasteiger partial charge is 0.238 e. The minimum absolute atomic E-state index is 0.0343. The molecule has 8 heteroatoms. The molecule has 0 bridgehead atoms. The second kappa shape index (κ2) is 4.52. The van der Waals surface area contributed by atoms with Crippen molar-refractivity contribution < 1.29 is 16.8 Å². The SMILES string of the molecule is NS(=O)(=O)c1ccc(NC2CCS(=O)(=O)C2)cc1. The Balaban J connectivity index is 2.08. The molecule has 1 aliphatic rings. The molecule has 1 atom stereocenters. The summed E-state index contributed by atoms with van der Waals surface area (Å²) in [5, 5.41) is 8.04. The largest absolute Gasteiger partial charge is 0.381 e. The Morgan fingerprint density at radius 2 is 1.83 bits per heavy atom. The first-order valence-electron chi connectivity index (χ1n) is 5.36. The van der Waals surface area contributed by atoms with Crippen LogP contribution in [-0.2, 0) is 19.9 Å². The van der Waals surface area contributed by atoms with Crippen LogP contribution in [0.2, 0.25) is 0 Å². The summed E-state index contributed by atoms with van der Waals surface area (Å²) >= 11 is 0. The standard InChI is InChI=1S/C10H14N2O4S2/c11-18(15,16)10-3-1-8(2-4-10)12-9-5-6-17(13,14)7-9/h1-4,9,12H,5-7H2,(H2,11,15,16). The Hall–Kier alpha value is -1.12. The van der Waals surface area contributed by atoms with Crippen molar-refractivity contribution in [2.24, 2.45) is 5.14 Å². The summed E-state index contributed by atoms with van der Waals surface area (Å²) in [5.41, 5.74) is 0.685. The quantitative estimate of drug-likeness (QED) is 0.810. The molecule has 3 N–H and O–H groups in total. The average Bonchev–Trinajstić information content (AvgIpc) is 2.57. The lowest BCUT2D eigenvalue weighted by molar-refractivity contribution is 0.597. The number of rotatable bonds is 3. The van der Waals surface area contributed by atoms with Crippen molar-refractivity contribution in [1.82, 2.24) is 0 Å². The zero-order valence-corrected chi connectivity index (χ0v) is 11.2.